The zero-order chi connectivity index (χ0) is 14.5. The van der Waals surface area contributed by atoms with E-state index in [4.69, 9.17) is 5.26 Å². The highest BCUT2D eigenvalue weighted by Crippen LogP contribution is 2.21. The first-order valence-electron chi connectivity index (χ1n) is 7.44. The molecule has 0 bridgehead atoms. The Balaban J connectivity index is 1.64. The van der Waals surface area contributed by atoms with Gasteiger partial charge in [0, 0.05) is 25.3 Å². The van der Waals surface area contributed by atoms with E-state index in [1.165, 1.54) is 37.2 Å². The van der Waals surface area contributed by atoms with Crippen molar-refractivity contribution in [2.24, 2.45) is 0 Å². The fourth-order valence-electron chi connectivity index (χ4n) is 2.73. The van der Waals surface area contributed by atoms with Crippen LogP contribution in [0.2, 0.25) is 0 Å². The first-order chi connectivity index (χ1) is 10.4. The van der Waals surface area contributed by atoms with Gasteiger partial charge in [-0.05, 0) is 42.7 Å². The van der Waals surface area contributed by atoms with Crippen molar-refractivity contribution in [1.82, 2.24) is 0 Å². The maximum atomic E-state index is 9.08. The van der Waals surface area contributed by atoms with Crippen LogP contribution in [0, 0.1) is 11.3 Å². The van der Waals surface area contributed by atoms with Crippen LogP contribution in [0.25, 0.3) is 0 Å². The highest BCUT2D eigenvalue weighted by molar-refractivity contribution is 5.57. The number of rotatable bonds is 4. The molecule has 1 fully saturated rings. The number of hydrogen-bond donors (Lipinski definition) is 1. The molecule has 1 saturated heterocycles. The summed E-state index contributed by atoms with van der Waals surface area (Å²) in [6.45, 7) is 3.08. The minimum atomic E-state index is 0.686. The Morgan fingerprint density at radius 1 is 1.00 bits per heavy atom. The van der Waals surface area contributed by atoms with Crippen molar-refractivity contribution in [3.8, 4) is 6.07 Å². The second kappa shape index (κ2) is 6.32. The van der Waals surface area contributed by atoms with Crippen LogP contribution in [0.4, 0.5) is 11.4 Å². The minimum absolute atomic E-state index is 0.686. The molecule has 0 aliphatic carbocycles. The van der Waals surface area contributed by atoms with E-state index in [2.05, 4.69) is 40.6 Å². The van der Waals surface area contributed by atoms with Gasteiger partial charge in [-0.25, -0.2) is 0 Å². The molecule has 2 aromatic carbocycles. The molecule has 21 heavy (non-hydrogen) atoms. The van der Waals surface area contributed by atoms with E-state index in [-0.39, 0.29) is 0 Å². The molecule has 1 aliphatic rings. The maximum Gasteiger partial charge on any atom is 0.101 e. The van der Waals surface area contributed by atoms with Crippen LogP contribution >= 0.6 is 0 Å². The molecule has 1 heterocycles. The molecule has 106 valence electrons. The van der Waals surface area contributed by atoms with Crippen LogP contribution in [0.1, 0.15) is 24.0 Å². The van der Waals surface area contributed by atoms with Gasteiger partial charge in [-0.15, -0.1) is 0 Å². The fraction of sp³-hybridized carbons (Fsp3) is 0.278. The Kier molecular flexibility index (Phi) is 4.07. The van der Waals surface area contributed by atoms with Crippen LogP contribution in [-0.4, -0.2) is 13.1 Å². The third-order valence-corrected chi connectivity index (χ3v) is 3.94. The molecule has 3 nitrogen and oxygen atoms in total. The third kappa shape index (κ3) is 3.17. The van der Waals surface area contributed by atoms with E-state index >= 15 is 0 Å². The van der Waals surface area contributed by atoms with Crippen molar-refractivity contribution in [3.63, 3.8) is 0 Å². The number of anilines is 2. The lowest BCUT2D eigenvalue weighted by Crippen LogP contribution is -2.17. The van der Waals surface area contributed by atoms with E-state index < -0.39 is 0 Å². The van der Waals surface area contributed by atoms with Gasteiger partial charge in [0.2, 0.25) is 0 Å². The number of para-hydroxylation sites is 1. The summed E-state index contributed by atoms with van der Waals surface area (Å²) in [5.74, 6) is 0. The van der Waals surface area contributed by atoms with Crippen LogP contribution in [0.5, 0.6) is 0 Å². The van der Waals surface area contributed by atoms with Gasteiger partial charge in [-0.2, -0.15) is 5.26 Å². The van der Waals surface area contributed by atoms with Gasteiger partial charge in [-0.3, -0.25) is 0 Å². The summed E-state index contributed by atoms with van der Waals surface area (Å²) in [7, 11) is 0. The number of benzene rings is 2. The third-order valence-electron chi connectivity index (χ3n) is 3.94. The molecule has 1 N–H and O–H groups in total. The Labute approximate surface area is 125 Å². The molecule has 0 atom stereocenters. The van der Waals surface area contributed by atoms with Crippen molar-refractivity contribution in [3.05, 3.63) is 59.7 Å². The topological polar surface area (TPSA) is 39.1 Å². The van der Waals surface area contributed by atoms with E-state index in [0.29, 0.717) is 5.56 Å². The average Bonchev–Trinajstić information content (AvgIpc) is 3.08. The predicted octanol–water partition coefficient (Wildman–Crippen LogP) is 3.77. The summed E-state index contributed by atoms with van der Waals surface area (Å²) in [6, 6.07) is 18.5. The second-order valence-corrected chi connectivity index (χ2v) is 5.37. The quantitative estimate of drug-likeness (QED) is 0.924. The lowest BCUT2D eigenvalue weighted by Gasteiger charge is -2.18. The summed E-state index contributed by atoms with van der Waals surface area (Å²) < 4.78 is 0. The molecule has 3 heteroatoms. The lowest BCUT2D eigenvalue weighted by atomic mass is 10.1. The number of nitrogens with one attached hydrogen (secondary N) is 1. The Hall–Kier alpha value is -2.47. The molecule has 0 radical (unpaired) electrons. The van der Waals surface area contributed by atoms with Gasteiger partial charge in [0.15, 0.2) is 0 Å². The van der Waals surface area contributed by atoms with Gasteiger partial charge in [0.25, 0.3) is 0 Å². The fourth-order valence-corrected chi connectivity index (χ4v) is 2.73. The smallest absolute Gasteiger partial charge is 0.101 e. The molecule has 0 saturated carbocycles. The van der Waals surface area contributed by atoms with Gasteiger partial charge in [0.05, 0.1) is 11.3 Å². The SMILES string of the molecule is N#Cc1ccccc1NCc1ccc(N2CCCC2)cc1. The summed E-state index contributed by atoms with van der Waals surface area (Å²) in [6.07, 6.45) is 2.60. The van der Waals surface area contributed by atoms with Crippen molar-refractivity contribution >= 4 is 11.4 Å². The first kappa shape index (κ1) is 13.5. The zero-order valence-corrected chi connectivity index (χ0v) is 12.0. The molecular weight excluding hydrogens is 258 g/mol. The second-order valence-electron chi connectivity index (χ2n) is 5.37. The van der Waals surface area contributed by atoms with E-state index in [1.54, 1.807) is 0 Å². The first-order valence-corrected chi connectivity index (χ1v) is 7.44. The van der Waals surface area contributed by atoms with Crippen molar-refractivity contribution in [1.29, 1.82) is 5.26 Å². The molecule has 0 amide bonds. The van der Waals surface area contributed by atoms with Crippen molar-refractivity contribution < 1.29 is 0 Å². The van der Waals surface area contributed by atoms with E-state index in [9.17, 15) is 0 Å². The van der Waals surface area contributed by atoms with Crippen molar-refractivity contribution in [2.45, 2.75) is 19.4 Å². The lowest BCUT2D eigenvalue weighted by molar-refractivity contribution is 0.949. The van der Waals surface area contributed by atoms with Crippen molar-refractivity contribution in [2.75, 3.05) is 23.3 Å². The number of hydrogen-bond acceptors (Lipinski definition) is 3. The molecule has 0 unspecified atom stereocenters. The maximum absolute atomic E-state index is 9.08. The zero-order valence-electron chi connectivity index (χ0n) is 12.0. The standard InChI is InChI=1S/C18H19N3/c19-13-16-5-1-2-6-18(16)20-14-15-7-9-17(10-8-15)21-11-3-4-12-21/h1-2,5-10,20H,3-4,11-12,14H2. The normalized spacial score (nSPS) is 14.0. The number of nitrogens with zero attached hydrogens (tertiary/aromatic N) is 2. The highest BCUT2D eigenvalue weighted by Gasteiger charge is 2.11. The number of nitriles is 1. The van der Waals surface area contributed by atoms with E-state index in [0.717, 1.165) is 12.2 Å². The molecule has 0 aromatic heterocycles. The van der Waals surface area contributed by atoms with Gasteiger partial charge in [-0.1, -0.05) is 24.3 Å². The highest BCUT2D eigenvalue weighted by atomic mass is 15.1. The monoisotopic (exact) mass is 277 g/mol. The Morgan fingerprint density at radius 2 is 1.71 bits per heavy atom. The average molecular weight is 277 g/mol. The van der Waals surface area contributed by atoms with Crippen LogP contribution < -0.4 is 10.2 Å². The summed E-state index contributed by atoms with van der Waals surface area (Å²) in [4.78, 5) is 2.43. The molecule has 3 rings (SSSR count). The summed E-state index contributed by atoms with van der Waals surface area (Å²) in [5.41, 5.74) is 4.12. The van der Waals surface area contributed by atoms with Gasteiger partial charge in [0.1, 0.15) is 6.07 Å². The molecule has 2 aromatic rings. The predicted molar refractivity (Wildman–Crippen MR) is 86.4 cm³/mol. The van der Waals surface area contributed by atoms with Gasteiger partial charge < -0.3 is 10.2 Å². The Morgan fingerprint density at radius 3 is 2.43 bits per heavy atom. The molecule has 0 spiro atoms. The summed E-state index contributed by atoms with van der Waals surface area (Å²) in [5, 5.41) is 12.4. The molecular formula is C18H19N3. The summed E-state index contributed by atoms with van der Waals surface area (Å²) >= 11 is 0. The largest absolute Gasteiger partial charge is 0.380 e. The van der Waals surface area contributed by atoms with Gasteiger partial charge >= 0.3 is 0 Å². The minimum Gasteiger partial charge on any atom is -0.380 e. The van der Waals surface area contributed by atoms with Crippen LogP contribution in [-0.2, 0) is 6.54 Å². The molecule has 1 aliphatic heterocycles. The van der Waals surface area contributed by atoms with Crippen LogP contribution in [0.15, 0.2) is 48.5 Å². The Bertz CT molecular complexity index is 634. The van der Waals surface area contributed by atoms with E-state index in [1.807, 2.05) is 24.3 Å². The van der Waals surface area contributed by atoms with Crippen LogP contribution in [0.3, 0.4) is 0 Å².